The van der Waals surface area contributed by atoms with E-state index in [4.69, 9.17) is 4.74 Å². The lowest BCUT2D eigenvalue weighted by Gasteiger charge is -2.35. The summed E-state index contributed by atoms with van der Waals surface area (Å²) >= 11 is 3.84. The van der Waals surface area contributed by atoms with E-state index >= 15 is 0 Å². The number of esters is 1. The SMILES string of the molecule is CC(=O)OC/C=C(\Br)B(C1CCCCC1)C1CCCCC1. The highest BCUT2D eigenvalue weighted by Gasteiger charge is 2.36. The third-order valence-corrected chi connectivity index (χ3v) is 6.05. The summed E-state index contributed by atoms with van der Waals surface area (Å²) in [6, 6.07) is 0. The molecule has 0 aromatic carbocycles. The second-order valence-electron chi connectivity index (χ2n) is 6.71. The van der Waals surface area contributed by atoms with Crippen LogP contribution in [0.4, 0.5) is 0 Å². The third-order valence-electron chi connectivity index (χ3n) is 5.20. The van der Waals surface area contributed by atoms with Gasteiger partial charge < -0.3 is 4.74 Å². The van der Waals surface area contributed by atoms with E-state index in [2.05, 4.69) is 22.0 Å². The van der Waals surface area contributed by atoms with Gasteiger partial charge in [-0.1, -0.05) is 91.8 Å². The van der Waals surface area contributed by atoms with E-state index in [0.29, 0.717) is 13.3 Å². The number of carbonyl (C=O) groups excluding carboxylic acids is 1. The maximum atomic E-state index is 10.9. The van der Waals surface area contributed by atoms with Gasteiger partial charge in [0.25, 0.3) is 0 Å². The van der Waals surface area contributed by atoms with Gasteiger partial charge in [0, 0.05) is 6.92 Å². The van der Waals surface area contributed by atoms with Crippen LogP contribution in [0.5, 0.6) is 0 Å². The zero-order valence-corrected chi connectivity index (χ0v) is 14.9. The largest absolute Gasteiger partial charge is 0.462 e. The molecular weight excluding hydrogens is 327 g/mol. The molecule has 0 aliphatic heterocycles. The summed E-state index contributed by atoms with van der Waals surface area (Å²) in [4.78, 5) is 10.9. The Labute approximate surface area is 138 Å². The minimum Gasteiger partial charge on any atom is -0.462 e. The topological polar surface area (TPSA) is 26.3 Å². The van der Waals surface area contributed by atoms with Crippen LogP contribution in [0.25, 0.3) is 0 Å². The van der Waals surface area contributed by atoms with Gasteiger partial charge in [0.05, 0.1) is 0 Å². The monoisotopic (exact) mass is 354 g/mol. The van der Waals surface area contributed by atoms with Crippen molar-refractivity contribution in [2.75, 3.05) is 6.61 Å². The van der Waals surface area contributed by atoms with Gasteiger partial charge >= 0.3 is 5.97 Å². The summed E-state index contributed by atoms with van der Waals surface area (Å²) in [5.41, 5.74) is 0. The Hall–Kier alpha value is -0.245. The van der Waals surface area contributed by atoms with Gasteiger partial charge in [0.2, 0.25) is 0 Å². The van der Waals surface area contributed by atoms with Gasteiger partial charge in [-0.05, 0) is 10.5 Å². The van der Waals surface area contributed by atoms with Crippen molar-refractivity contribution in [3.05, 3.63) is 10.5 Å². The van der Waals surface area contributed by atoms with E-state index in [1.54, 1.807) is 0 Å². The lowest BCUT2D eigenvalue weighted by Crippen LogP contribution is -2.31. The van der Waals surface area contributed by atoms with E-state index in [1.165, 1.54) is 75.5 Å². The minimum absolute atomic E-state index is 0.196. The summed E-state index contributed by atoms with van der Waals surface area (Å²) in [6.45, 7) is 2.54. The Bertz CT molecular complexity index is 340. The summed E-state index contributed by atoms with van der Waals surface area (Å²) in [6.07, 6.45) is 15.9. The highest BCUT2D eigenvalue weighted by atomic mass is 79.9. The molecule has 2 nitrogen and oxygen atoms in total. The maximum Gasteiger partial charge on any atom is 0.302 e. The summed E-state index contributed by atoms with van der Waals surface area (Å²) in [7, 11) is 0. The molecule has 4 heteroatoms. The summed E-state index contributed by atoms with van der Waals surface area (Å²) < 4.78 is 6.39. The van der Waals surface area contributed by atoms with Crippen LogP contribution in [0.2, 0.25) is 11.6 Å². The molecule has 118 valence electrons. The molecule has 2 aliphatic carbocycles. The quantitative estimate of drug-likeness (QED) is 0.479. The van der Waals surface area contributed by atoms with Gasteiger partial charge in [0.1, 0.15) is 6.61 Å². The molecule has 0 radical (unpaired) electrons. The molecule has 21 heavy (non-hydrogen) atoms. The van der Waals surface area contributed by atoms with Crippen molar-refractivity contribution >= 4 is 28.6 Å². The van der Waals surface area contributed by atoms with Crippen molar-refractivity contribution < 1.29 is 9.53 Å². The molecule has 0 aromatic rings. The zero-order chi connectivity index (χ0) is 15.1. The number of hydrogen-bond acceptors (Lipinski definition) is 2. The fraction of sp³-hybridized carbons (Fsp3) is 0.824. The number of halogens is 1. The molecule has 0 saturated heterocycles. The molecule has 2 saturated carbocycles. The molecule has 2 rings (SSSR count). The first-order chi connectivity index (χ1) is 10.2. The van der Waals surface area contributed by atoms with Crippen molar-refractivity contribution in [3.63, 3.8) is 0 Å². The lowest BCUT2D eigenvalue weighted by molar-refractivity contribution is -0.139. The van der Waals surface area contributed by atoms with Crippen LogP contribution in [-0.4, -0.2) is 19.3 Å². The summed E-state index contributed by atoms with van der Waals surface area (Å²) in [5, 5.41) is 0. The van der Waals surface area contributed by atoms with Crippen LogP contribution in [0, 0.1) is 0 Å². The second kappa shape index (κ2) is 9.02. The van der Waals surface area contributed by atoms with Crippen molar-refractivity contribution in [2.24, 2.45) is 0 Å². The molecule has 0 bridgehead atoms. The van der Waals surface area contributed by atoms with Crippen molar-refractivity contribution in [1.82, 2.24) is 0 Å². The Kier molecular flexibility index (Phi) is 7.35. The zero-order valence-electron chi connectivity index (χ0n) is 13.3. The van der Waals surface area contributed by atoms with Crippen molar-refractivity contribution in [1.29, 1.82) is 0 Å². The number of ether oxygens (including phenoxy) is 1. The average Bonchev–Trinajstić information content (AvgIpc) is 2.49. The van der Waals surface area contributed by atoms with Crippen LogP contribution in [0.1, 0.15) is 71.1 Å². The van der Waals surface area contributed by atoms with Gasteiger partial charge in [0.15, 0.2) is 6.71 Å². The normalized spacial score (nSPS) is 22.1. The fourth-order valence-corrected chi connectivity index (χ4v) is 5.08. The fourth-order valence-electron chi connectivity index (χ4n) is 4.20. The smallest absolute Gasteiger partial charge is 0.302 e. The van der Waals surface area contributed by atoms with Gasteiger partial charge in [-0.15, -0.1) is 0 Å². The predicted octanol–water partition coefficient (Wildman–Crippen LogP) is 5.53. The van der Waals surface area contributed by atoms with Crippen LogP contribution in [0.3, 0.4) is 0 Å². The number of rotatable bonds is 5. The van der Waals surface area contributed by atoms with Gasteiger partial charge in [-0.2, -0.15) is 0 Å². The second-order valence-corrected chi connectivity index (χ2v) is 7.63. The standard InChI is InChI=1S/C17H28BBrO2/c1-14(20)21-13-12-17(19)18(15-8-4-2-5-9-15)16-10-6-3-7-11-16/h12,15-16H,2-11,13H2,1H3/b17-12-. The highest BCUT2D eigenvalue weighted by Crippen LogP contribution is 2.45. The Morgan fingerprint density at radius 2 is 1.52 bits per heavy atom. The van der Waals surface area contributed by atoms with Gasteiger partial charge in [-0.25, -0.2) is 0 Å². The van der Waals surface area contributed by atoms with Crippen molar-refractivity contribution in [2.45, 2.75) is 82.8 Å². The van der Waals surface area contributed by atoms with E-state index < -0.39 is 0 Å². The first-order valence-electron chi connectivity index (χ1n) is 8.67. The predicted molar refractivity (Wildman–Crippen MR) is 93.1 cm³/mol. The number of carbonyl (C=O) groups is 1. The molecular formula is C17H28BBrO2. The molecule has 2 aliphatic rings. The minimum atomic E-state index is -0.196. The van der Waals surface area contributed by atoms with Crippen molar-refractivity contribution in [3.8, 4) is 0 Å². The van der Waals surface area contributed by atoms with Crippen LogP contribution in [0.15, 0.2) is 10.5 Å². The first-order valence-corrected chi connectivity index (χ1v) is 9.46. The molecule has 2 fully saturated rings. The molecule has 0 unspecified atom stereocenters. The number of hydrogen-bond donors (Lipinski definition) is 0. The van der Waals surface area contributed by atoms with E-state index in [1.807, 2.05) is 0 Å². The van der Waals surface area contributed by atoms with Crippen LogP contribution in [-0.2, 0) is 9.53 Å². The maximum absolute atomic E-state index is 10.9. The Morgan fingerprint density at radius 3 is 1.95 bits per heavy atom. The lowest BCUT2D eigenvalue weighted by atomic mass is 9.30. The molecule has 0 N–H and O–H groups in total. The van der Waals surface area contributed by atoms with E-state index in [-0.39, 0.29) is 5.97 Å². The van der Waals surface area contributed by atoms with Crippen LogP contribution < -0.4 is 0 Å². The van der Waals surface area contributed by atoms with Gasteiger partial charge in [-0.3, -0.25) is 4.79 Å². The molecule has 0 heterocycles. The summed E-state index contributed by atoms with van der Waals surface area (Å²) in [5.74, 6) is 1.45. The van der Waals surface area contributed by atoms with Crippen LogP contribution >= 0.6 is 15.9 Å². The van der Waals surface area contributed by atoms with E-state index in [0.717, 1.165) is 11.6 Å². The Morgan fingerprint density at radius 1 is 1.05 bits per heavy atom. The Balaban J connectivity index is 2.03. The average molecular weight is 355 g/mol. The molecule has 0 atom stereocenters. The molecule has 0 amide bonds. The molecule has 0 spiro atoms. The first kappa shape index (κ1) is 17.1. The third kappa shape index (κ3) is 5.47. The highest BCUT2D eigenvalue weighted by molar-refractivity contribution is 9.12. The molecule has 0 aromatic heterocycles. The van der Waals surface area contributed by atoms with E-state index in [9.17, 15) is 4.79 Å².